The zero-order valence-corrected chi connectivity index (χ0v) is 16.1. The Labute approximate surface area is 158 Å². The van der Waals surface area contributed by atoms with Crippen LogP contribution in [0.15, 0.2) is 33.8 Å². The van der Waals surface area contributed by atoms with Crippen LogP contribution in [0, 0.1) is 5.92 Å². The number of furan rings is 1. The molecule has 1 aliphatic heterocycles. The van der Waals surface area contributed by atoms with Crippen molar-refractivity contribution in [3.8, 4) is 0 Å². The first kappa shape index (κ1) is 19.6. The number of hydrogen-bond donors (Lipinski definition) is 0. The van der Waals surface area contributed by atoms with Crippen molar-refractivity contribution in [3.63, 3.8) is 0 Å². The Morgan fingerprint density at radius 2 is 1.93 bits per heavy atom. The molecular weight excluding hydrogens is 372 g/mol. The number of allylic oxidation sites excluding steroid dienone is 2. The number of carbonyl (C=O) groups excluding carboxylic acids is 2. The number of rotatable bonds is 5. The summed E-state index contributed by atoms with van der Waals surface area (Å²) in [6.07, 6.45) is 6.62. The molecule has 0 spiro atoms. The van der Waals surface area contributed by atoms with Crippen LogP contribution in [0.2, 0.25) is 0 Å². The Hall–Kier alpha value is -2.13. The lowest BCUT2D eigenvalue weighted by Gasteiger charge is -2.35. The fourth-order valence-electron chi connectivity index (χ4n) is 3.32. The van der Waals surface area contributed by atoms with Crippen molar-refractivity contribution in [1.82, 2.24) is 9.21 Å². The van der Waals surface area contributed by atoms with E-state index in [2.05, 4.69) is 6.08 Å². The number of amides is 1. The number of nitrogens with zero attached hydrogens (tertiary/aromatic N) is 2. The summed E-state index contributed by atoms with van der Waals surface area (Å²) in [6, 6.07) is 2.55. The lowest BCUT2D eigenvalue weighted by atomic mass is 9.93. The summed E-state index contributed by atoms with van der Waals surface area (Å²) in [6.45, 7) is 2.93. The Morgan fingerprint density at radius 1 is 1.19 bits per heavy atom. The highest BCUT2D eigenvalue weighted by molar-refractivity contribution is 7.89. The Morgan fingerprint density at radius 3 is 2.56 bits per heavy atom. The highest BCUT2D eigenvalue weighted by Gasteiger charge is 2.34. The smallest absolute Gasteiger partial charge is 0.374 e. The van der Waals surface area contributed by atoms with Gasteiger partial charge in [-0.1, -0.05) is 12.2 Å². The lowest BCUT2D eigenvalue weighted by Crippen LogP contribution is -2.51. The van der Waals surface area contributed by atoms with Crippen LogP contribution in [-0.2, 0) is 19.6 Å². The van der Waals surface area contributed by atoms with E-state index < -0.39 is 16.0 Å². The van der Waals surface area contributed by atoms with Crippen LogP contribution in [0.25, 0.3) is 0 Å². The summed E-state index contributed by atoms with van der Waals surface area (Å²) in [5.41, 5.74) is 0. The van der Waals surface area contributed by atoms with Gasteiger partial charge in [-0.25, -0.2) is 13.2 Å². The number of esters is 1. The maximum absolute atomic E-state index is 12.7. The van der Waals surface area contributed by atoms with Gasteiger partial charge in [0.1, 0.15) is 0 Å². The second-order valence-electron chi connectivity index (χ2n) is 6.55. The summed E-state index contributed by atoms with van der Waals surface area (Å²) in [7, 11) is -3.85. The van der Waals surface area contributed by atoms with Crippen molar-refractivity contribution in [2.75, 3.05) is 32.8 Å². The minimum atomic E-state index is -3.85. The highest BCUT2D eigenvalue weighted by atomic mass is 32.2. The van der Waals surface area contributed by atoms with Gasteiger partial charge in [0, 0.05) is 32.1 Å². The van der Waals surface area contributed by atoms with Crippen molar-refractivity contribution < 1.29 is 27.2 Å². The largest absolute Gasteiger partial charge is 0.460 e. The van der Waals surface area contributed by atoms with Crippen LogP contribution in [0.1, 0.15) is 36.7 Å². The topological polar surface area (TPSA) is 97.1 Å². The molecule has 1 fully saturated rings. The van der Waals surface area contributed by atoms with Crippen LogP contribution < -0.4 is 0 Å². The zero-order chi connectivity index (χ0) is 19.4. The molecule has 9 heteroatoms. The molecule has 0 N–H and O–H groups in total. The van der Waals surface area contributed by atoms with Crippen LogP contribution in [0.5, 0.6) is 0 Å². The summed E-state index contributed by atoms with van der Waals surface area (Å²) < 4.78 is 36.7. The van der Waals surface area contributed by atoms with Gasteiger partial charge in [-0.15, -0.1) is 0 Å². The van der Waals surface area contributed by atoms with E-state index in [9.17, 15) is 18.0 Å². The van der Waals surface area contributed by atoms with Crippen molar-refractivity contribution in [1.29, 1.82) is 0 Å². The molecule has 2 aliphatic rings. The van der Waals surface area contributed by atoms with Gasteiger partial charge in [0.15, 0.2) is 0 Å². The molecule has 2 heterocycles. The van der Waals surface area contributed by atoms with E-state index in [1.54, 1.807) is 11.8 Å². The van der Waals surface area contributed by atoms with Gasteiger partial charge in [0.2, 0.25) is 16.8 Å². The third kappa shape index (κ3) is 4.24. The van der Waals surface area contributed by atoms with E-state index in [4.69, 9.17) is 9.15 Å². The molecule has 3 rings (SSSR count). The molecule has 27 heavy (non-hydrogen) atoms. The predicted octanol–water partition coefficient (Wildman–Crippen LogP) is 1.65. The summed E-state index contributed by atoms with van der Waals surface area (Å²) >= 11 is 0. The van der Waals surface area contributed by atoms with Gasteiger partial charge in [-0.3, -0.25) is 4.79 Å². The van der Waals surface area contributed by atoms with E-state index in [0.29, 0.717) is 13.1 Å². The van der Waals surface area contributed by atoms with E-state index in [1.165, 1.54) is 16.4 Å². The summed E-state index contributed by atoms with van der Waals surface area (Å²) in [4.78, 5) is 26.0. The van der Waals surface area contributed by atoms with Gasteiger partial charge >= 0.3 is 5.97 Å². The van der Waals surface area contributed by atoms with Gasteiger partial charge in [0.25, 0.3) is 10.0 Å². The monoisotopic (exact) mass is 396 g/mol. The van der Waals surface area contributed by atoms with Crippen LogP contribution in [0.4, 0.5) is 0 Å². The molecule has 1 unspecified atom stereocenters. The van der Waals surface area contributed by atoms with Gasteiger partial charge in [-0.2, -0.15) is 4.31 Å². The van der Waals surface area contributed by atoms with Crippen LogP contribution in [0.3, 0.4) is 0 Å². The molecule has 0 aromatic carbocycles. The SMILES string of the molecule is CCOC(=O)c1ccc(S(=O)(=O)N2CCN(C(=O)C3CC=CCC3)CC2)o1. The van der Waals surface area contributed by atoms with Gasteiger partial charge in [-0.05, 0) is 38.3 Å². The molecule has 8 nitrogen and oxygen atoms in total. The molecule has 1 atom stereocenters. The molecule has 148 valence electrons. The maximum Gasteiger partial charge on any atom is 0.374 e. The van der Waals surface area contributed by atoms with E-state index in [0.717, 1.165) is 19.3 Å². The molecule has 1 amide bonds. The molecule has 0 radical (unpaired) electrons. The van der Waals surface area contributed by atoms with Crippen molar-refractivity contribution in [2.24, 2.45) is 5.92 Å². The Kier molecular flexibility index (Phi) is 6.01. The second kappa shape index (κ2) is 8.26. The number of ether oxygens (including phenoxy) is 1. The van der Waals surface area contributed by atoms with E-state index >= 15 is 0 Å². The normalized spacial score (nSPS) is 21.2. The second-order valence-corrected chi connectivity index (χ2v) is 8.42. The first-order chi connectivity index (χ1) is 12.9. The number of piperazine rings is 1. The summed E-state index contributed by atoms with van der Waals surface area (Å²) in [5.74, 6) is -0.750. The molecular formula is C18H24N2O6S. The molecule has 1 aromatic heterocycles. The maximum atomic E-state index is 12.7. The number of sulfonamides is 1. The lowest BCUT2D eigenvalue weighted by molar-refractivity contribution is -0.137. The van der Waals surface area contributed by atoms with Crippen LogP contribution >= 0.6 is 0 Å². The molecule has 1 aromatic rings. The third-order valence-corrected chi connectivity index (χ3v) is 6.59. The van der Waals surface area contributed by atoms with Crippen molar-refractivity contribution in [2.45, 2.75) is 31.3 Å². The minimum absolute atomic E-state index is 0.00429. The average Bonchev–Trinajstić information content (AvgIpc) is 3.20. The molecule has 0 saturated carbocycles. The quantitative estimate of drug-likeness (QED) is 0.554. The van der Waals surface area contributed by atoms with Crippen LogP contribution in [-0.4, -0.2) is 62.3 Å². The fraction of sp³-hybridized carbons (Fsp3) is 0.556. The predicted molar refractivity (Wildman–Crippen MR) is 96.5 cm³/mol. The molecule has 1 saturated heterocycles. The first-order valence-electron chi connectivity index (χ1n) is 9.14. The van der Waals surface area contributed by atoms with Crippen molar-refractivity contribution >= 4 is 21.9 Å². The third-order valence-electron chi connectivity index (χ3n) is 4.82. The number of carbonyl (C=O) groups is 2. The minimum Gasteiger partial charge on any atom is -0.460 e. The Balaban J connectivity index is 1.62. The fourth-order valence-corrected chi connectivity index (χ4v) is 4.66. The van der Waals surface area contributed by atoms with Gasteiger partial charge in [0.05, 0.1) is 6.61 Å². The average molecular weight is 396 g/mol. The van der Waals surface area contributed by atoms with E-state index in [-0.39, 0.29) is 42.4 Å². The van der Waals surface area contributed by atoms with Crippen molar-refractivity contribution in [3.05, 3.63) is 30.0 Å². The molecule has 1 aliphatic carbocycles. The summed E-state index contributed by atoms with van der Waals surface area (Å²) in [5, 5.41) is -0.289. The van der Waals surface area contributed by atoms with E-state index in [1.807, 2.05) is 6.08 Å². The zero-order valence-electron chi connectivity index (χ0n) is 15.3. The standard InChI is InChI=1S/C18H24N2O6S/c1-2-25-18(22)15-8-9-16(26-15)27(23,24)20-12-10-19(11-13-20)17(21)14-6-4-3-5-7-14/h3-4,8-9,14H,2,5-7,10-13H2,1H3. The number of hydrogen-bond acceptors (Lipinski definition) is 6. The van der Waals surface area contributed by atoms with Gasteiger partial charge < -0.3 is 14.1 Å². The first-order valence-corrected chi connectivity index (χ1v) is 10.6. The highest BCUT2D eigenvalue weighted by Crippen LogP contribution is 2.24. The molecule has 0 bridgehead atoms. The Bertz CT molecular complexity index is 821.